The number of nitrogens with one attached hydrogen (secondary N) is 2. The van der Waals surface area contributed by atoms with Crippen molar-refractivity contribution in [2.75, 3.05) is 30.4 Å². The predicted molar refractivity (Wildman–Crippen MR) is 86.2 cm³/mol. The lowest BCUT2D eigenvalue weighted by Crippen LogP contribution is -2.31. The number of rotatable bonds is 3. The lowest BCUT2D eigenvalue weighted by atomic mass is 10.1. The molecule has 0 bridgehead atoms. The Morgan fingerprint density at radius 2 is 2.05 bits per heavy atom. The second-order valence-corrected chi connectivity index (χ2v) is 5.56. The topological polar surface area (TPSA) is 74.1 Å². The van der Waals surface area contributed by atoms with E-state index in [4.69, 9.17) is 0 Å². The van der Waals surface area contributed by atoms with E-state index in [2.05, 4.69) is 36.6 Å². The highest BCUT2D eigenvalue weighted by molar-refractivity contribution is 5.78. The molecule has 0 aliphatic carbocycles. The second kappa shape index (κ2) is 5.32. The van der Waals surface area contributed by atoms with Crippen LogP contribution in [0.15, 0.2) is 24.5 Å². The quantitative estimate of drug-likeness (QED) is 0.775. The van der Waals surface area contributed by atoms with E-state index in [1.165, 1.54) is 19.3 Å². The van der Waals surface area contributed by atoms with Crippen LogP contribution >= 0.6 is 0 Å². The Hall–Kier alpha value is -2.57. The van der Waals surface area contributed by atoms with Gasteiger partial charge in [-0.25, -0.2) is 0 Å². The third-order valence-corrected chi connectivity index (χ3v) is 4.16. The number of fused-ring (bicyclic) bond motifs is 1. The Morgan fingerprint density at radius 1 is 1.18 bits per heavy atom. The van der Waals surface area contributed by atoms with E-state index >= 15 is 0 Å². The Labute approximate surface area is 128 Å². The smallest absolute Gasteiger partial charge is 0.242 e. The van der Waals surface area contributed by atoms with Crippen LogP contribution in [-0.4, -0.2) is 44.9 Å². The highest BCUT2D eigenvalue weighted by atomic mass is 15.4. The van der Waals surface area contributed by atoms with Crippen LogP contribution in [0.3, 0.4) is 0 Å². The van der Waals surface area contributed by atoms with Crippen molar-refractivity contribution in [2.45, 2.75) is 19.3 Å². The molecular formula is C15H19N7. The van der Waals surface area contributed by atoms with Crippen LogP contribution < -0.4 is 10.2 Å². The Balaban J connectivity index is 1.93. The summed E-state index contributed by atoms with van der Waals surface area (Å²) in [6.07, 6.45) is 7.51. The van der Waals surface area contributed by atoms with Crippen molar-refractivity contribution >= 4 is 17.4 Å². The van der Waals surface area contributed by atoms with Gasteiger partial charge in [0.25, 0.3) is 0 Å². The molecule has 7 nitrogen and oxygen atoms in total. The number of pyridine rings is 1. The van der Waals surface area contributed by atoms with E-state index in [9.17, 15) is 0 Å². The first-order valence-corrected chi connectivity index (χ1v) is 7.68. The van der Waals surface area contributed by atoms with Crippen LogP contribution in [0.5, 0.6) is 0 Å². The summed E-state index contributed by atoms with van der Waals surface area (Å²) < 4.78 is 1.94. The normalized spacial score (nSPS) is 15.4. The summed E-state index contributed by atoms with van der Waals surface area (Å²) in [5.74, 6) is 1.75. The number of hydrogen-bond acceptors (Lipinski definition) is 5. The Kier molecular flexibility index (Phi) is 3.17. The van der Waals surface area contributed by atoms with E-state index in [0.717, 1.165) is 35.7 Å². The lowest BCUT2D eigenvalue weighted by molar-refractivity contribution is 0.569. The summed E-state index contributed by atoms with van der Waals surface area (Å²) in [4.78, 5) is 6.91. The summed E-state index contributed by atoms with van der Waals surface area (Å²) in [7, 11) is 1.84. The Bertz CT molecular complexity index is 769. The maximum absolute atomic E-state index is 4.60. The molecule has 114 valence electrons. The van der Waals surface area contributed by atoms with Crippen LogP contribution in [0.25, 0.3) is 16.8 Å². The van der Waals surface area contributed by atoms with Crippen LogP contribution in [0, 0.1) is 0 Å². The molecule has 3 aromatic rings. The summed E-state index contributed by atoms with van der Waals surface area (Å²) in [6.45, 7) is 2.11. The number of H-pyrrole nitrogens is 1. The van der Waals surface area contributed by atoms with Gasteiger partial charge in [0.2, 0.25) is 5.95 Å². The molecule has 0 spiro atoms. The summed E-state index contributed by atoms with van der Waals surface area (Å²) in [5, 5.41) is 14.6. The van der Waals surface area contributed by atoms with Gasteiger partial charge >= 0.3 is 0 Å². The molecular weight excluding hydrogens is 278 g/mol. The molecule has 0 atom stereocenters. The second-order valence-electron chi connectivity index (χ2n) is 5.56. The number of anilines is 2. The maximum atomic E-state index is 4.60. The van der Waals surface area contributed by atoms with Gasteiger partial charge in [-0.15, -0.1) is 5.10 Å². The molecule has 1 fully saturated rings. The van der Waals surface area contributed by atoms with Gasteiger partial charge in [0, 0.05) is 37.5 Å². The number of hydrogen-bond donors (Lipinski definition) is 2. The fraction of sp³-hybridized carbons (Fsp3) is 0.400. The highest BCUT2D eigenvalue weighted by Gasteiger charge is 2.21. The maximum Gasteiger partial charge on any atom is 0.242 e. The van der Waals surface area contributed by atoms with E-state index in [1.807, 2.05) is 30.0 Å². The van der Waals surface area contributed by atoms with Gasteiger partial charge in [0.05, 0.1) is 6.20 Å². The van der Waals surface area contributed by atoms with E-state index in [1.54, 1.807) is 0 Å². The zero-order chi connectivity index (χ0) is 14.9. The van der Waals surface area contributed by atoms with Gasteiger partial charge in [0.1, 0.15) is 5.82 Å². The first kappa shape index (κ1) is 13.1. The molecule has 0 saturated carbocycles. The lowest BCUT2D eigenvalue weighted by Gasteiger charge is -2.30. The standard InChI is InChI=1S/C15H19N7/c1-16-15-19-13-6-5-12(11-9-17-18-10-11)14(22(13)20-15)21-7-3-2-4-8-21/h5-6,9-10H,2-4,7-8H2,1H3,(H,16,20)(H,17,18). The third kappa shape index (κ3) is 2.09. The first-order valence-electron chi connectivity index (χ1n) is 7.68. The van der Waals surface area contributed by atoms with Crippen molar-refractivity contribution in [1.82, 2.24) is 24.8 Å². The zero-order valence-electron chi connectivity index (χ0n) is 12.6. The van der Waals surface area contributed by atoms with Gasteiger partial charge in [-0.3, -0.25) is 5.10 Å². The fourth-order valence-corrected chi connectivity index (χ4v) is 3.07. The minimum atomic E-state index is 0.641. The van der Waals surface area contributed by atoms with Crippen molar-refractivity contribution in [1.29, 1.82) is 0 Å². The van der Waals surface area contributed by atoms with Gasteiger partial charge in [-0.05, 0) is 31.4 Å². The number of aromatic nitrogens is 5. The molecule has 1 saturated heterocycles. The summed E-state index contributed by atoms with van der Waals surface area (Å²) in [5.41, 5.74) is 3.07. The molecule has 0 radical (unpaired) electrons. The van der Waals surface area contributed by atoms with Crippen LogP contribution in [0.1, 0.15) is 19.3 Å². The van der Waals surface area contributed by atoms with Gasteiger partial charge < -0.3 is 10.2 Å². The third-order valence-electron chi connectivity index (χ3n) is 4.16. The largest absolute Gasteiger partial charge is 0.356 e. The van der Waals surface area contributed by atoms with Gasteiger partial charge in [-0.2, -0.15) is 14.6 Å². The molecule has 1 aliphatic rings. The van der Waals surface area contributed by atoms with Crippen LogP contribution in [-0.2, 0) is 0 Å². The van der Waals surface area contributed by atoms with Crippen molar-refractivity contribution in [2.24, 2.45) is 0 Å². The van der Waals surface area contributed by atoms with Gasteiger partial charge in [-0.1, -0.05) is 0 Å². The van der Waals surface area contributed by atoms with E-state index in [-0.39, 0.29) is 0 Å². The number of aromatic amines is 1. The Morgan fingerprint density at radius 3 is 2.77 bits per heavy atom. The van der Waals surface area contributed by atoms with Crippen molar-refractivity contribution in [3.05, 3.63) is 24.5 Å². The summed E-state index contributed by atoms with van der Waals surface area (Å²) in [6, 6.07) is 4.11. The molecule has 0 aromatic carbocycles. The average molecular weight is 297 g/mol. The molecule has 7 heteroatoms. The van der Waals surface area contributed by atoms with E-state index in [0.29, 0.717) is 5.95 Å². The van der Waals surface area contributed by atoms with Crippen LogP contribution in [0.2, 0.25) is 0 Å². The van der Waals surface area contributed by atoms with Crippen LogP contribution in [0.4, 0.5) is 11.8 Å². The SMILES string of the molecule is CNc1nc2ccc(-c3cn[nH]c3)c(N3CCCCC3)n2n1. The summed E-state index contributed by atoms with van der Waals surface area (Å²) >= 11 is 0. The fourth-order valence-electron chi connectivity index (χ4n) is 3.07. The number of piperidine rings is 1. The molecule has 1 aliphatic heterocycles. The molecule has 22 heavy (non-hydrogen) atoms. The monoisotopic (exact) mass is 297 g/mol. The molecule has 0 unspecified atom stereocenters. The van der Waals surface area contributed by atoms with Crippen molar-refractivity contribution < 1.29 is 0 Å². The molecule has 4 heterocycles. The molecule has 3 aromatic heterocycles. The van der Waals surface area contributed by atoms with Crippen molar-refractivity contribution in [3.63, 3.8) is 0 Å². The highest BCUT2D eigenvalue weighted by Crippen LogP contribution is 2.32. The number of nitrogens with zero attached hydrogens (tertiary/aromatic N) is 5. The van der Waals surface area contributed by atoms with Crippen molar-refractivity contribution in [3.8, 4) is 11.1 Å². The molecule has 2 N–H and O–H groups in total. The van der Waals surface area contributed by atoms with Gasteiger partial charge in [0.15, 0.2) is 5.65 Å². The van der Waals surface area contributed by atoms with E-state index < -0.39 is 0 Å². The minimum absolute atomic E-state index is 0.641. The first-order chi connectivity index (χ1) is 10.9. The molecule has 4 rings (SSSR count). The molecule has 0 amide bonds. The zero-order valence-corrected chi connectivity index (χ0v) is 12.6. The minimum Gasteiger partial charge on any atom is -0.356 e. The average Bonchev–Trinajstić information content (AvgIpc) is 3.23. The predicted octanol–water partition coefficient (Wildman–Crippen LogP) is 2.15.